The summed E-state index contributed by atoms with van der Waals surface area (Å²) >= 11 is 0. The average Bonchev–Trinajstić information content (AvgIpc) is 3.02. The maximum atomic E-state index is 13.4. The minimum absolute atomic E-state index is 0.0910. The number of aromatic nitrogens is 2. The van der Waals surface area contributed by atoms with Crippen molar-refractivity contribution in [3.05, 3.63) is 54.4 Å². The third-order valence-corrected chi connectivity index (χ3v) is 7.69. The third-order valence-electron chi connectivity index (χ3n) is 7.69. The van der Waals surface area contributed by atoms with Crippen molar-refractivity contribution in [1.82, 2.24) is 19.8 Å². The molecule has 0 unspecified atom stereocenters. The Morgan fingerprint density at radius 2 is 1.55 bits per heavy atom. The predicted molar refractivity (Wildman–Crippen MR) is 118 cm³/mol. The molecule has 3 aliphatic rings. The summed E-state index contributed by atoms with van der Waals surface area (Å²) < 4.78 is 0. The van der Waals surface area contributed by atoms with Gasteiger partial charge in [0, 0.05) is 56.7 Å². The Labute approximate surface area is 183 Å². The molecule has 3 aliphatic heterocycles. The summed E-state index contributed by atoms with van der Waals surface area (Å²) in [5, 5.41) is 0. The van der Waals surface area contributed by atoms with Crippen LogP contribution in [0.25, 0.3) is 0 Å². The van der Waals surface area contributed by atoms with Crippen molar-refractivity contribution in [3.8, 4) is 0 Å². The lowest BCUT2D eigenvalue weighted by atomic mass is 9.71. The minimum atomic E-state index is -0.286. The van der Waals surface area contributed by atoms with E-state index >= 15 is 0 Å². The van der Waals surface area contributed by atoms with E-state index in [1.807, 2.05) is 53.2 Å². The van der Waals surface area contributed by atoms with Crippen LogP contribution in [0.5, 0.6) is 0 Å². The molecular formula is C24H29N5O2. The highest BCUT2D eigenvalue weighted by molar-refractivity contribution is 5.94. The van der Waals surface area contributed by atoms with Crippen molar-refractivity contribution in [2.24, 2.45) is 5.41 Å². The zero-order valence-corrected chi connectivity index (χ0v) is 18.0. The van der Waals surface area contributed by atoms with E-state index in [-0.39, 0.29) is 22.8 Å². The molecular weight excluding hydrogens is 390 g/mol. The van der Waals surface area contributed by atoms with Gasteiger partial charge in [-0.3, -0.25) is 9.59 Å². The van der Waals surface area contributed by atoms with Gasteiger partial charge in [0.05, 0.1) is 5.41 Å². The molecule has 7 nitrogen and oxygen atoms in total. The van der Waals surface area contributed by atoms with Crippen LogP contribution < -0.4 is 4.90 Å². The number of nitrogens with zero attached hydrogens (tertiary/aromatic N) is 5. The van der Waals surface area contributed by atoms with Crippen LogP contribution in [0.3, 0.4) is 0 Å². The van der Waals surface area contributed by atoms with E-state index in [9.17, 15) is 9.59 Å². The van der Waals surface area contributed by atoms with E-state index in [0.29, 0.717) is 13.1 Å². The summed E-state index contributed by atoms with van der Waals surface area (Å²) in [4.78, 5) is 41.2. The van der Waals surface area contributed by atoms with Crippen LogP contribution in [0.15, 0.2) is 48.8 Å². The molecule has 2 spiro atoms. The predicted octanol–water partition coefficient (Wildman–Crippen LogP) is 2.60. The zero-order chi connectivity index (χ0) is 21.5. The Morgan fingerprint density at radius 1 is 0.903 bits per heavy atom. The van der Waals surface area contributed by atoms with Gasteiger partial charge < -0.3 is 14.7 Å². The number of hydrogen-bond acceptors (Lipinski definition) is 5. The van der Waals surface area contributed by atoms with Crippen LogP contribution in [0.1, 0.15) is 42.5 Å². The third kappa shape index (κ3) is 3.36. The fraction of sp³-hybridized carbons (Fsp3) is 0.500. The van der Waals surface area contributed by atoms with Gasteiger partial charge in [-0.05, 0) is 50.3 Å². The van der Waals surface area contributed by atoms with Crippen LogP contribution in [0.4, 0.5) is 5.95 Å². The molecule has 1 aromatic carbocycles. The number of likely N-dealkylation sites (tertiary alicyclic amines) is 2. The number of rotatable bonds is 2. The minimum Gasteiger partial charge on any atom is -0.341 e. The molecule has 0 saturated carbocycles. The fourth-order valence-corrected chi connectivity index (χ4v) is 5.78. The Balaban J connectivity index is 1.26. The highest BCUT2D eigenvalue weighted by atomic mass is 16.2. The largest absolute Gasteiger partial charge is 0.341 e. The highest BCUT2D eigenvalue weighted by Gasteiger charge is 2.59. The Bertz CT molecular complexity index is 948. The summed E-state index contributed by atoms with van der Waals surface area (Å²) in [5.74, 6) is 1.12. The van der Waals surface area contributed by atoms with E-state index in [1.54, 1.807) is 12.4 Å². The van der Waals surface area contributed by atoms with Crippen molar-refractivity contribution in [1.29, 1.82) is 0 Å². The maximum absolute atomic E-state index is 13.4. The van der Waals surface area contributed by atoms with E-state index in [2.05, 4.69) is 14.9 Å². The molecule has 162 valence electrons. The van der Waals surface area contributed by atoms with Crippen LogP contribution in [0, 0.1) is 5.41 Å². The molecule has 0 atom stereocenters. The second-order valence-corrected chi connectivity index (χ2v) is 9.24. The highest BCUT2D eigenvalue weighted by Crippen LogP contribution is 2.52. The van der Waals surface area contributed by atoms with Gasteiger partial charge in [0.2, 0.25) is 11.9 Å². The normalized spacial score (nSPS) is 22.4. The number of hydrogen-bond donors (Lipinski definition) is 0. The molecule has 0 bridgehead atoms. The molecule has 7 heteroatoms. The number of piperidine rings is 2. The van der Waals surface area contributed by atoms with Crippen molar-refractivity contribution >= 4 is 17.8 Å². The molecule has 0 N–H and O–H groups in total. The molecule has 1 aromatic heterocycles. The monoisotopic (exact) mass is 419 g/mol. The van der Waals surface area contributed by atoms with Gasteiger partial charge in [0.25, 0.3) is 5.91 Å². The lowest BCUT2D eigenvalue weighted by Crippen LogP contribution is -2.52. The van der Waals surface area contributed by atoms with Gasteiger partial charge in [-0.25, -0.2) is 9.97 Å². The van der Waals surface area contributed by atoms with Crippen molar-refractivity contribution < 1.29 is 9.59 Å². The topological polar surface area (TPSA) is 69.6 Å². The molecule has 31 heavy (non-hydrogen) atoms. The van der Waals surface area contributed by atoms with Crippen LogP contribution >= 0.6 is 0 Å². The molecule has 2 aromatic rings. The smallest absolute Gasteiger partial charge is 0.253 e. The van der Waals surface area contributed by atoms with Gasteiger partial charge >= 0.3 is 0 Å². The average molecular weight is 420 g/mol. The number of amides is 2. The molecule has 0 radical (unpaired) electrons. The van der Waals surface area contributed by atoms with Crippen LogP contribution in [-0.4, -0.2) is 70.3 Å². The maximum Gasteiger partial charge on any atom is 0.253 e. The Hall–Kier alpha value is -2.96. The first-order valence-corrected chi connectivity index (χ1v) is 11.2. The molecule has 0 aliphatic carbocycles. The zero-order valence-electron chi connectivity index (χ0n) is 18.0. The SMILES string of the molecule is CN1C(=O)C2(CCN(c3ncccn3)CC2)CC12CCN(C(=O)c1ccccc1)CC2. The molecule has 3 fully saturated rings. The van der Waals surface area contributed by atoms with Crippen molar-refractivity contribution in [2.75, 3.05) is 38.1 Å². The van der Waals surface area contributed by atoms with Crippen LogP contribution in [-0.2, 0) is 4.79 Å². The number of benzene rings is 1. The first-order chi connectivity index (χ1) is 15.0. The second kappa shape index (κ2) is 7.62. The standard InChI is InChI=1S/C24H29N5O2/c1-27-21(31)23(8-14-29(15-9-23)22-25-12-5-13-26-22)18-24(27)10-16-28(17-11-24)20(30)19-6-3-2-4-7-19/h2-7,12-13H,8-11,14-18H2,1H3. The number of carbonyl (C=O) groups is 2. The first kappa shape index (κ1) is 20.0. The summed E-state index contributed by atoms with van der Waals surface area (Å²) in [6, 6.07) is 11.3. The first-order valence-electron chi connectivity index (χ1n) is 11.2. The summed E-state index contributed by atoms with van der Waals surface area (Å²) in [5.41, 5.74) is 0.322. The van der Waals surface area contributed by atoms with E-state index < -0.39 is 0 Å². The quantitative estimate of drug-likeness (QED) is 0.748. The van der Waals surface area contributed by atoms with Crippen LogP contribution in [0.2, 0.25) is 0 Å². The van der Waals surface area contributed by atoms with E-state index in [4.69, 9.17) is 0 Å². The van der Waals surface area contributed by atoms with Crippen molar-refractivity contribution in [2.45, 2.75) is 37.6 Å². The summed E-state index contributed by atoms with van der Waals surface area (Å²) in [7, 11) is 1.97. The second-order valence-electron chi connectivity index (χ2n) is 9.24. The summed E-state index contributed by atoms with van der Waals surface area (Å²) in [6.45, 7) is 3.01. The molecule has 2 amide bonds. The van der Waals surface area contributed by atoms with Gasteiger partial charge in [0.1, 0.15) is 0 Å². The van der Waals surface area contributed by atoms with Gasteiger partial charge in [0.15, 0.2) is 0 Å². The number of anilines is 1. The van der Waals surface area contributed by atoms with Gasteiger partial charge in [-0.2, -0.15) is 0 Å². The lowest BCUT2D eigenvalue weighted by Gasteiger charge is -2.44. The fourth-order valence-electron chi connectivity index (χ4n) is 5.78. The van der Waals surface area contributed by atoms with E-state index in [1.165, 1.54) is 0 Å². The Morgan fingerprint density at radius 3 is 2.19 bits per heavy atom. The number of carbonyl (C=O) groups excluding carboxylic acids is 2. The van der Waals surface area contributed by atoms with Gasteiger partial charge in [-0.1, -0.05) is 18.2 Å². The lowest BCUT2D eigenvalue weighted by molar-refractivity contribution is -0.138. The Kier molecular flexibility index (Phi) is 4.91. The van der Waals surface area contributed by atoms with Gasteiger partial charge in [-0.15, -0.1) is 0 Å². The summed E-state index contributed by atoms with van der Waals surface area (Å²) in [6.07, 6.45) is 7.79. The van der Waals surface area contributed by atoms with E-state index in [0.717, 1.165) is 56.7 Å². The molecule has 5 rings (SSSR count). The molecule has 4 heterocycles. The molecule has 3 saturated heterocycles. The van der Waals surface area contributed by atoms with Crippen molar-refractivity contribution in [3.63, 3.8) is 0 Å².